The van der Waals surface area contributed by atoms with Crippen LogP contribution >= 0.6 is 0 Å². The molecule has 1 atom stereocenters. The average molecular weight is 250 g/mol. The van der Waals surface area contributed by atoms with E-state index in [1.165, 1.54) is 32.1 Å². The highest BCUT2D eigenvalue weighted by atomic mass is 16.4. The zero-order valence-electron chi connectivity index (χ0n) is 12.0. The molecule has 2 nitrogen and oxygen atoms in total. The second-order valence-electron chi connectivity index (χ2n) is 5.54. The first kappa shape index (κ1) is 15.0. The van der Waals surface area contributed by atoms with E-state index in [0.29, 0.717) is 5.57 Å². The van der Waals surface area contributed by atoms with Gasteiger partial charge < -0.3 is 5.11 Å². The maximum Gasteiger partial charge on any atom is 0.335 e. The second-order valence-corrected chi connectivity index (χ2v) is 5.54. The van der Waals surface area contributed by atoms with Gasteiger partial charge in [-0.05, 0) is 31.6 Å². The van der Waals surface area contributed by atoms with Crippen LogP contribution in [0, 0.1) is 5.41 Å². The van der Waals surface area contributed by atoms with Crippen molar-refractivity contribution >= 4 is 5.97 Å². The minimum Gasteiger partial charge on any atom is -0.478 e. The van der Waals surface area contributed by atoms with Gasteiger partial charge in [0.05, 0.1) is 5.57 Å². The van der Waals surface area contributed by atoms with Gasteiger partial charge in [-0.1, -0.05) is 57.3 Å². The summed E-state index contributed by atoms with van der Waals surface area (Å²) in [5.41, 5.74) is 1.73. The number of aliphatic carboxylic acids is 1. The molecule has 1 unspecified atom stereocenters. The highest BCUT2D eigenvalue weighted by Gasteiger charge is 2.29. The summed E-state index contributed by atoms with van der Waals surface area (Å²) in [6, 6.07) is 0. The predicted molar refractivity (Wildman–Crippen MR) is 75.6 cm³/mol. The van der Waals surface area contributed by atoms with Crippen molar-refractivity contribution < 1.29 is 9.90 Å². The minimum atomic E-state index is -0.792. The average Bonchev–Trinajstić information content (AvgIpc) is 2.34. The Morgan fingerprint density at radius 1 is 1.33 bits per heavy atom. The Hall–Kier alpha value is -1.05. The molecule has 0 aromatic rings. The van der Waals surface area contributed by atoms with Crippen molar-refractivity contribution in [3.63, 3.8) is 0 Å². The number of hydrogen-bond donors (Lipinski definition) is 1. The molecule has 18 heavy (non-hydrogen) atoms. The first-order valence-electron chi connectivity index (χ1n) is 7.17. The molecule has 1 N–H and O–H groups in total. The molecular formula is C16H26O2. The highest BCUT2D eigenvalue weighted by Crippen LogP contribution is 2.41. The van der Waals surface area contributed by atoms with Crippen molar-refractivity contribution in [2.75, 3.05) is 0 Å². The zero-order valence-corrected chi connectivity index (χ0v) is 12.0. The van der Waals surface area contributed by atoms with Crippen LogP contribution in [0.3, 0.4) is 0 Å². The van der Waals surface area contributed by atoms with Gasteiger partial charge in [-0.15, -0.1) is 0 Å². The Balaban J connectivity index is 2.65. The smallest absolute Gasteiger partial charge is 0.335 e. The van der Waals surface area contributed by atoms with Crippen molar-refractivity contribution in [2.24, 2.45) is 5.41 Å². The van der Waals surface area contributed by atoms with Crippen LogP contribution in [-0.2, 0) is 4.79 Å². The molecule has 102 valence electrons. The Labute approximate surface area is 111 Å². The molecule has 0 bridgehead atoms. The lowest BCUT2D eigenvalue weighted by Gasteiger charge is -2.33. The molecule has 0 aliphatic heterocycles. The summed E-state index contributed by atoms with van der Waals surface area (Å²) in [5, 5.41) is 9.09. The molecule has 0 saturated heterocycles. The third-order valence-corrected chi connectivity index (χ3v) is 4.14. The van der Waals surface area contributed by atoms with E-state index in [1.54, 1.807) is 0 Å². The van der Waals surface area contributed by atoms with Crippen LogP contribution in [0.15, 0.2) is 23.3 Å². The Bertz CT molecular complexity index is 352. The van der Waals surface area contributed by atoms with Crippen molar-refractivity contribution in [2.45, 2.75) is 65.7 Å². The lowest BCUT2D eigenvalue weighted by molar-refractivity contribution is -0.132. The number of allylic oxidation sites excluding steroid dienone is 2. The molecule has 0 radical (unpaired) electrons. The number of carboxylic acid groups (broad SMARTS) is 1. The van der Waals surface area contributed by atoms with Crippen LogP contribution in [0.2, 0.25) is 0 Å². The van der Waals surface area contributed by atoms with Crippen LogP contribution < -0.4 is 0 Å². The predicted octanol–water partition coefficient (Wildman–Crippen LogP) is 4.71. The first-order chi connectivity index (χ1) is 8.54. The molecule has 0 aromatic carbocycles. The molecule has 0 heterocycles. The van der Waals surface area contributed by atoms with Gasteiger partial charge in [0.1, 0.15) is 0 Å². The molecule has 0 saturated carbocycles. The number of carboxylic acids is 1. The zero-order chi connectivity index (χ0) is 13.6. The molecule has 1 aliphatic rings. The van der Waals surface area contributed by atoms with E-state index < -0.39 is 5.97 Å². The first-order valence-corrected chi connectivity index (χ1v) is 7.17. The standard InChI is InChI=1S/C16H26O2/c1-4-6-7-8-10-16(5-2)11-9-14(15(17)18)13(3)12-16/h9,11H,4-8,10,12H2,1-3H3,(H,17,18). The van der Waals surface area contributed by atoms with Crippen molar-refractivity contribution in [1.82, 2.24) is 0 Å². The van der Waals surface area contributed by atoms with E-state index in [-0.39, 0.29) is 5.41 Å². The van der Waals surface area contributed by atoms with Crippen LogP contribution in [0.5, 0.6) is 0 Å². The molecular weight excluding hydrogens is 224 g/mol. The van der Waals surface area contributed by atoms with Gasteiger partial charge in [-0.2, -0.15) is 0 Å². The molecule has 0 amide bonds. The number of carbonyl (C=O) groups is 1. The van der Waals surface area contributed by atoms with Crippen molar-refractivity contribution in [1.29, 1.82) is 0 Å². The number of hydrogen-bond acceptors (Lipinski definition) is 1. The number of unbranched alkanes of at least 4 members (excludes halogenated alkanes) is 3. The third-order valence-electron chi connectivity index (χ3n) is 4.14. The SMILES string of the molecule is CCCCCCC1(CC)C=CC(C(=O)O)=C(C)C1. The normalized spacial score (nSPS) is 23.5. The fraction of sp³-hybridized carbons (Fsp3) is 0.688. The van der Waals surface area contributed by atoms with Crippen molar-refractivity contribution in [3.8, 4) is 0 Å². The van der Waals surface area contributed by atoms with Crippen LogP contribution in [-0.4, -0.2) is 11.1 Å². The lowest BCUT2D eigenvalue weighted by atomic mass is 9.71. The molecule has 0 aromatic heterocycles. The van der Waals surface area contributed by atoms with E-state index in [9.17, 15) is 4.79 Å². The van der Waals surface area contributed by atoms with Gasteiger partial charge in [0, 0.05) is 0 Å². The van der Waals surface area contributed by atoms with Crippen LogP contribution in [0.25, 0.3) is 0 Å². The fourth-order valence-corrected chi connectivity index (χ4v) is 2.83. The van der Waals surface area contributed by atoms with E-state index in [1.807, 2.05) is 13.0 Å². The maximum absolute atomic E-state index is 11.1. The summed E-state index contributed by atoms with van der Waals surface area (Å²) in [6.07, 6.45) is 12.3. The topological polar surface area (TPSA) is 37.3 Å². The monoisotopic (exact) mass is 250 g/mol. The van der Waals surface area contributed by atoms with Gasteiger partial charge >= 0.3 is 5.97 Å². The summed E-state index contributed by atoms with van der Waals surface area (Å²) in [5.74, 6) is -0.792. The quantitative estimate of drug-likeness (QED) is 0.664. The van der Waals surface area contributed by atoms with Gasteiger partial charge in [0.2, 0.25) is 0 Å². The minimum absolute atomic E-state index is 0.205. The lowest BCUT2D eigenvalue weighted by Crippen LogP contribution is -2.22. The van der Waals surface area contributed by atoms with E-state index in [4.69, 9.17) is 5.11 Å². The third kappa shape index (κ3) is 3.72. The van der Waals surface area contributed by atoms with E-state index in [2.05, 4.69) is 19.9 Å². The van der Waals surface area contributed by atoms with Crippen molar-refractivity contribution in [3.05, 3.63) is 23.3 Å². The molecule has 0 spiro atoms. The summed E-state index contributed by atoms with van der Waals surface area (Å²) in [6.45, 7) is 6.40. The molecule has 2 heteroatoms. The second kappa shape index (κ2) is 6.77. The van der Waals surface area contributed by atoms with Gasteiger partial charge in [0.15, 0.2) is 0 Å². The Kier molecular flexibility index (Phi) is 5.64. The summed E-state index contributed by atoms with van der Waals surface area (Å²) in [7, 11) is 0. The highest BCUT2D eigenvalue weighted by molar-refractivity contribution is 5.91. The summed E-state index contributed by atoms with van der Waals surface area (Å²) < 4.78 is 0. The maximum atomic E-state index is 11.1. The Morgan fingerprint density at radius 2 is 2.06 bits per heavy atom. The summed E-state index contributed by atoms with van der Waals surface area (Å²) in [4.78, 5) is 11.1. The van der Waals surface area contributed by atoms with Gasteiger partial charge in [-0.3, -0.25) is 0 Å². The van der Waals surface area contributed by atoms with E-state index in [0.717, 1.165) is 18.4 Å². The fourth-order valence-electron chi connectivity index (χ4n) is 2.83. The molecule has 0 fully saturated rings. The van der Waals surface area contributed by atoms with Gasteiger partial charge in [0.25, 0.3) is 0 Å². The van der Waals surface area contributed by atoms with E-state index >= 15 is 0 Å². The largest absolute Gasteiger partial charge is 0.478 e. The van der Waals surface area contributed by atoms with Crippen LogP contribution in [0.4, 0.5) is 0 Å². The number of rotatable bonds is 7. The van der Waals surface area contributed by atoms with Crippen LogP contribution in [0.1, 0.15) is 65.7 Å². The molecule has 1 rings (SSSR count). The van der Waals surface area contributed by atoms with Gasteiger partial charge in [-0.25, -0.2) is 4.79 Å². The molecule has 1 aliphatic carbocycles. The summed E-state index contributed by atoms with van der Waals surface area (Å²) >= 11 is 0. The Morgan fingerprint density at radius 3 is 2.56 bits per heavy atom.